The summed E-state index contributed by atoms with van der Waals surface area (Å²) in [7, 11) is 0. The van der Waals surface area contributed by atoms with E-state index in [1.807, 2.05) is 0 Å². The van der Waals surface area contributed by atoms with E-state index in [9.17, 15) is 0 Å². The van der Waals surface area contributed by atoms with Crippen molar-refractivity contribution < 1.29 is 4.74 Å². The summed E-state index contributed by atoms with van der Waals surface area (Å²) < 4.78 is 5.80. The molecule has 35 heavy (non-hydrogen) atoms. The van der Waals surface area contributed by atoms with E-state index in [2.05, 4.69) is 42.2 Å². The van der Waals surface area contributed by atoms with Crippen molar-refractivity contribution in [2.45, 2.75) is 154 Å². The van der Waals surface area contributed by atoms with Crippen LogP contribution < -0.4 is 0 Å². The highest BCUT2D eigenvalue weighted by Crippen LogP contribution is 2.19. The Morgan fingerprint density at radius 2 is 1.09 bits per heavy atom. The fourth-order valence-electron chi connectivity index (χ4n) is 5.62. The van der Waals surface area contributed by atoms with Crippen LogP contribution in [0.1, 0.15) is 147 Å². The Morgan fingerprint density at radius 1 is 0.629 bits per heavy atom. The maximum atomic E-state index is 5.80. The molecule has 2 nitrogen and oxygen atoms in total. The summed E-state index contributed by atoms with van der Waals surface area (Å²) in [5.74, 6) is 0. The first-order valence-corrected chi connectivity index (χ1v) is 15.8. The molecule has 1 atom stereocenters. The van der Waals surface area contributed by atoms with Crippen molar-refractivity contribution in [3.8, 4) is 0 Å². The molecule has 0 bridgehead atoms. The SMILES string of the molecule is CCCCCCCCCCCCCCCCCCCCCCC1COCCN1Cc1ccccc1. The Morgan fingerprint density at radius 3 is 1.57 bits per heavy atom. The molecule has 1 fully saturated rings. The van der Waals surface area contributed by atoms with Crippen LogP contribution in [0.25, 0.3) is 0 Å². The average molecular weight is 486 g/mol. The average Bonchev–Trinajstić information content (AvgIpc) is 2.89. The fourth-order valence-corrected chi connectivity index (χ4v) is 5.62. The molecule has 1 aromatic carbocycles. The molecule has 0 saturated carbocycles. The van der Waals surface area contributed by atoms with Crippen LogP contribution in [0.3, 0.4) is 0 Å². The predicted molar refractivity (Wildman–Crippen MR) is 154 cm³/mol. The highest BCUT2D eigenvalue weighted by atomic mass is 16.5. The third-order valence-corrected chi connectivity index (χ3v) is 7.97. The monoisotopic (exact) mass is 485 g/mol. The molecule has 1 aliphatic heterocycles. The third-order valence-electron chi connectivity index (χ3n) is 7.97. The number of morpholine rings is 1. The Labute approximate surface area is 219 Å². The predicted octanol–water partition coefficient (Wildman–Crippen LogP) is 10.1. The molecule has 2 rings (SSSR count). The minimum atomic E-state index is 0.611. The van der Waals surface area contributed by atoms with Crippen LogP contribution in [-0.4, -0.2) is 30.7 Å². The Hall–Kier alpha value is -0.860. The van der Waals surface area contributed by atoms with E-state index in [4.69, 9.17) is 4.74 Å². The molecule has 1 unspecified atom stereocenters. The van der Waals surface area contributed by atoms with Gasteiger partial charge in [-0.25, -0.2) is 0 Å². The normalized spacial score (nSPS) is 16.7. The second kappa shape index (κ2) is 22.3. The summed E-state index contributed by atoms with van der Waals surface area (Å²) in [5.41, 5.74) is 1.43. The van der Waals surface area contributed by atoms with E-state index >= 15 is 0 Å². The van der Waals surface area contributed by atoms with Gasteiger partial charge in [-0.3, -0.25) is 4.90 Å². The summed E-state index contributed by atoms with van der Waals surface area (Å²) in [6, 6.07) is 11.5. The molecule has 0 spiro atoms. The van der Waals surface area contributed by atoms with Gasteiger partial charge in [0.25, 0.3) is 0 Å². The molecule has 0 N–H and O–H groups in total. The number of rotatable bonds is 23. The van der Waals surface area contributed by atoms with Crippen LogP contribution in [0.2, 0.25) is 0 Å². The summed E-state index contributed by atoms with van der Waals surface area (Å²) in [4.78, 5) is 2.65. The van der Waals surface area contributed by atoms with Crippen LogP contribution in [0, 0.1) is 0 Å². The van der Waals surface area contributed by atoms with E-state index in [0.717, 1.165) is 26.3 Å². The first-order chi connectivity index (χ1) is 17.4. The number of hydrogen-bond acceptors (Lipinski definition) is 2. The summed E-state index contributed by atoms with van der Waals surface area (Å²) in [6.45, 7) is 6.28. The Balaban J connectivity index is 1.31. The molecular weight excluding hydrogens is 426 g/mol. The highest BCUT2D eigenvalue weighted by Gasteiger charge is 2.22. The number of benzene rings is 1. The lowest BCUT2D eigenvalue weighted by Gasteiger charge is -2.35. The summed E-state index contributed by atoms with van der Waals surface area (Å²) in [6.07, 6.45) is 30.3. The summed E-state index contributed by atoms with van der Waals surface area (Å²) >= 11 is 0. The van der Waals surface area contributed by atoms with Gasteiger partial charge in [-0.15, -0.1) is 0 Å². The lowest BCUT2D eigenvalue weighted by atomic mass is 10.0. The number of unbranched alkanes of at least 4 members (excludes halogenated alkanes) is 19. The number of nitrogens with zero attached hydrogens (tertiary/aromatic N) is 1. The van der Waals surface area contributed by atoms with Gasteiger partial charge in [0, 0.05) is 19.1 Å². The van der Waals surface area contributed by atoms with Gasteiger partial charge in [0.1, 0.15) is 0 Å². The van der Waals surface area contributed by atoms with Gasteiger partial charge in [0.15, 0.2) is 0 Å². The lowest BCUT2D eigenvalue weighted by Crippen LogP contribution is -2.44. The minimum absolute atomic E-state index is 0.611. The van der Waals surface area contributed by atoms with E-state index in [1.165, 1.54) is 140 Å². The molecule has 0 aromatic heterocycles. The molecule has 1 saturated heterocycles. The lowest BCUT2D eigenvalue weighted by molar-refractivity contribution is -0.0153. The highest BCUT2D eigenvalue weighted by molar-refractivity contribution is 5.14. The molecular formula is C33H59NO. The maximum absolute atomic E-state index is 5.80. The van der Waals surface area contributed by atoms with Gasteiger partial charge in [0.05, 0.1) is 13.2 Å². The van der Waals surface area contributed by atoms with Crippen LogP contribution in [-0.2, 0) is 11.3 Å². The van der Waals surface area contributed by atoms with E-state index in [1.54, 1.807) is 0 Å². The molecule has 1 aromatic rings. The minimum Gasteiger partial charge on any atom is -0.378 e. The third kappa shape index (κ3) is 16.5. The van der Waals surface area contributed by atoms with Gasteiger partial charge < -0.3 is 4.74 Å². The zero-order chi connectivity index (χ0) is 24.7. The first kappa shape index (κ1) is 30.4. The Bertz CT molecular complexity index is 559. The first-order valence-electron chi connectivity index (χ1n) is 15.8. The second-order valence-electron chi connectivity index (χ2n) is 11.2. The van der Waals surface area contributed by atoms with Crippen LogP contribution >= 0.6 is 0 Å². The second-order valence-corrected chi connectivity index (χ2v) is 11.2. The van der Waals surface area contributed by atoms with Gasteiger partial charge in [-0.1, -0.05) is 166 Å². The largest absolute Gasteiger partial charge is 0.378 e. The van der Waals surface area contributed by atoms with Crippen molar-refractivity contribution in [2.75, 3.05) is 19.8 Å². The quantitative estimate of drug-likeness (QED) is 0.143. The zero-order valence-electron chi connectivity index (χ0n) is 23.5. The van der Waals surface area contributed by atoms with Gasteiger partial charge in [-0.05, 0) is 12.0 Å². The topological polar surface area (TPSA) is 12.5 Å². The fraction of sp³-hybridized carbons (Fsp3) is 0.818. The van der Waals surface area contributed by atoms with E-state index in [-0.39, 0.29) is 0 Å². The van der Waals surface area contributed by atoms with Crippen LogP contribution in [0.15, 0.2) is 30.3 Å². The molecule has 2 heteroatoms. The van der Waals surface area contributed by atoms with Crippen molar-refractivity contribution in [1.29, 1.82) is 0 Å². The maximum Gasteiger partial charge on any atom is 0.0622 e. The number of ether oxygens (including phenoxy) is 1. The van der Waals surface area contributed by atoms with Crippen molar-refractivity contribution in [2.24, 2.45) is 0 Å². The molecule has 1 heterocycles. The summed E-state index contributed by atoms with van der Waals surface area (Å²) in [5, 5.41) is 0. The molecule has 0 amide bonds. The molecule has 1 aliphatic rings. The standard InChI is InChI=1S/C33H59NO/c1-2-3-4-5-6-7-8-9-10-11-12-13-14-15-16-17-18-19-20-24-27-33-31-35-29-28-34(33)30-32-25-22-21-23-26-32/h21-23,25-26,33H,2-20,24,27-31H2,1H3. The van der Waals surface area contributed by atoms with Crippen molar-refractivity contribution in [3.63, 3.8) is 0 Å². The zero-order valence-corrected chi connectivity index (χ0v) is 23.5. The van der Waals surface area contributed by atoms with Crippen molar-refractivity contribution >= 4 is 0 Å². The Kier molecular flexibility index (Phi) is 19.4. The molecule has 202 valence electrons. The van der Waals surface area contributed by atoms with E-state index in [0.29, 0.717) is 6.04 Å². The van der Waals surface area contributed by atoms with Crippen molar-refractivity contribution in [1.82, 2.24) is 4.90 Å². The van der Waals surface area contributed by atoms with Crippen LogP contribution in [0.4, 0.5) is 0 Å². The van der Waals surface area contributed by atoms with Crippen LogP contribution in [0.5, 0.6) is 0 Å². The van der Waals surface area contributed by atoms with Crippen molar-refractivity contribution in [3.05, 3.63) is 35.9 Å². The van der Waals surface area contributed by atoms with E-state index < -0.39 is 0 Å². The van der Waals surface area contributed by atoms with Gasteiger partial charge >= 0.3 is 0 Å². The molecule has 0 radical (unpaired) electrons. The smallest absolute Gasteiger partial charge is 0.0622 e. The van der Waals surface area contributed by atoms with Gasteiger partial charge in [0.2, 0.25) is 0 Å². The number of hydrogen-bond donors (Lipinski definition) is 0. The molecule has 0 aliphatic carbocycles. The van der Waals surface area contributed by atoms with Gasteiger partial charge in [-0.2, -0.15) is 0 Å².